The normalized spacial score (nSPS) is 12.6. The number of hydrogen-bond acceptors (Lipinski definition) is 3. The molecule has 1 heterocycles. The molecule has 1 aromatic heterocycles. The van der Waals surface area contributed by atoms with Gasteiger partial charge in [-0.1, -0.05) is 30.7 Å². The maximum Gasteiger partial charge on any atom is 0.0683 e. The number of rotatable bonds is 5. The van der Waals surface area contributed by atoms with Crippen LogP contribution < -0.4 is 5.32 Å². The first-order chi connectivity index (χ1) is 8.76. The molecule has 2 aromatic rings. The summed E-state index contributed by atoms with van der Waals surface area (Å²) in [6.45, 7) is 2.17. The Labute approximate surface area is 122 Å². The van der Waals surface area contributed by atoms with Crippen LogP contribution in [0.2, 0.25) is 5.02 Å². The molecule has 0 bridgehead atoms. The maximum atomic E-state index is 6.21. The third-order valence-electron chi connectivity index (χ3n) is 2.72. The van der Waals surface area contributed by atoms with Crippen LogP contribution in [-0.4, -0.2) is 12.8 Å². The highest BCUT2D eigenvalue weighted by molar-refractivity contribution is 7.99. The molecule has 18 heavy (non-hydrogen) atoms. The summed E-state index contributed by atoms with van der Waals surface area (Å²) in [5.74, 6) is 1.10. The molecular weight excluding hydrogens is 282 g/mol. The Balaban J connectivity index is 2.25. The summed E-state index contributed by atoms with van der Waals surface area (Å²) in [5, 5.41) is 6.20. The highest BCUT2D eigenvalue weighted by atomic mass is 35.5. The molecule has 0 aliphatic carbocycles. The van der Waals surface area contributed by atoms with Gasteiger partial charge >= 0.3 is 0 Å². The lowest BCUT2D eigenvalue weighted by molar-refractivity contribution is 0.703. The quantitative estimate of drug-likeness (QED) is 0.794. The van der Waals surface area contributed by atoms with Gasteiger partial charge in [0.05, 0.1) is 11.1 Å². The van der Waals surface area contributed by atoms with Crippen molar-refractivity contribution in [1.29, 1.82) is 0 Å². The monoisotopic (exact) mass is 297 g/mol. The lowest BCUT2D eigenvalue weighted by atomic mass is 10.1. The van der Waals surface area contributed by atoms with Gasteiger partial charge in [-0.15, -0.1) is 23.1 Å². The Morgan fingerprint density at radius 1 is 1.28 bits per heavy atom. The van der Waals surface area contributed by atoms with E-state index in [1.165, 1.54) is 15.3 Å². The fourth-order valence-electron chi connectivity index (χ4n) is 1.88. The smallest absolute Gasteiger partial charge is 0.0683 e. The molecule has 96 valence electrons. The third-order valence-corrected chi connectivity index (χ3v) is 5.04. The van der Waals surface area contributed by atoms with E-state index in [0.29, 0.717) is 0 Å². The molecule has 1 unspecified atom stereocenters. The highest BCUT2D eigenvalue weighted by Crippen LogP contribution is 2.33. The minimum absolute atomic E-state index is 0.179. The third kappa shape index (κ3) is 3.09. The zero-order valence-electron chi connectivity index (χ0n) is 10.4. The fraction of sp³-hybridized carbons (Fsp3) is 0.286. The van der Waals surface area contributed by atoms with Crippen LogP contribution in [0, 0.1) is 0 Å². The van der Waals surface area contributed by atoms with Crippen LogP contribution in [0.15, 0.2) is 40.6 Å². The molecule has 2 rings (SSSR count). The molecule has 0 saturated carbocycles. The topological polar surface area (TPSA) is 12.0 Å². The van der Waals surface area contributed by atoms with Gasteiger partial charge in [0.1, 0.15) is 0 Å². The molecule has 1 aromatic carbocycles. The summed E-state index contributed by atoms with van der Waals surface area (Å²) >= 11 is 9.76. The molecule has 0 radical (unpaired) electrons. The molecule has 0 spiro atoms. The number of halogens is 1. The number of nitrogens with one attached hydrogen (secondary N) is 1. The van der Waals surface area contributed by atoms with E-state index in [0.717, 1.165) is 10.8 Å². The van der Waals surface area contributed by atoms with Crippen molar-refractivity contribution < 1.29 is 0 Å². The van der Waals surface area contributed by atoms with Crippen LogP contribution >= 0.6 is 34.7 Å². The van der Waals surface area contributed by atoms with Crippen molar-refractivity contribution in [2.24, 2.45) is 0 Å². The summed E-state index contributed by atoms with van der Waals surface area (Å²) in [4.78, 5) is 2.49. The Bertz CT molecular complexity index is 493. The molecule has 0 saturated heterocycles. The average molecular weight is 298 g/mol. The van der Waals surface area contributed by atoms with E-state index < -0.39 is 0 Å². The second kappa shape index (κ2) is 6.62. The molecule has 0 aliphatic rings. The van der Waals surface area contributed by atoms with Gasteiger partial charge in [0, 0.05) is 9.77 Å². The van der Waals surface area contributed by atoms with Crippen molar-refractivity contribution in [3.63, 3.8) is 0 Å². The van der Waals surface area contributed by atoms with Crippen molar-refractivity contribution >= 4 is 34.7 Å². The van der Waals surface area contributed by atoms with Crippen LogP contribution in [0.3, 0.4) is 0 Å². The van der Waals surface area contributed by atoms with Crippen molar-refractivity contribution in [3.05, 3.63) is 51.2 Å². The summed E-state index contributed by atoms with van der Waals surface area (Å²) < 4.78 is 0. The zero-order chi connectivity index (χ0) is 13.0. The molecule has 0 amide bonds. The average Bonchev–Trinajstić information content (AvgIpc) is 2.79. The summed E-state index contributed by atoms with van der Waals surface area (Å²) in [7, 11) is 1.97. The van der Waals surface area contributed by atoms with Crippen molar-refractivity contribution in [1.82, 2.24) is 5.32 Å². The minimum atomic E-state index is 0.179. The molecule has 4 heteroatoms. The minimum Gasteiger partial charge on any atom is -0.309 e. The number of thioether (sulfide) groups is 1. The van der Waals surface area contributed by atoms with Crippen molar-refractivity contribution in [2.45, 2.75) is 17.9 Å². The van der Waals surface area contributed by atoms with Gasteiger partial charge in [-0.25, -0.2) is 0 Å². The first-order valence-electron chi connectivity index (χ1n) is 5.89. The van der Waals surface area contributed by atoms with Crippen molar-refractivity contribution in [3.8, 4) is 0 Å². The molecule has 1 N–H and O–H groups in total. The first-order valence-corrected chi connectivity index (χ1v) is 8.13. The van der Waals surface area contributed by atoms with E-state index in [1.54, 1.807) is 11.3 Å². The molecule has 1 atom stereocenters. The Morgan fingerprint density at radius 3 is 2.50 bits per heavy atom. The van der Waals surface area contributed by atoms with Gasteiger partial charge in [-0.3, -0.25) is 0 Å². The number of hydrogen-bond donors (Lipinski definition) is 1. The van der Waals surface area contributed by atoms with Crippen molar-refractivity contribution in [2.75, 3.05) is 12.8 Å². The fourth-order valence-corrected chi connectivity index (χ4v) is 3.85. The number of thiophene rings is 1. The molecular formula is C14H16ClNS2. The molecule has 0 aliphatic heterocycles. The van der Waals surface area contributed by atoms with E-state index in [-0.39, 0.29) is 6.04 Å². The van der Waals surface area contributed by atoms with E-state index in [4.69, 9.17) is 11.6 Å². The Hall–Kier alpha value is -0.480. The predicted octanol–water partition coefficient (Wildman–Crippen LogP) is 4.82. The molecule has 1 nitrogen and oxygen atoms in total. The maximum absolute atomic E-state index is 6.21. The van der Waals surface area contributed by atoms with Crippen LogP contribution in [0.4, 0.5) is 0 Å². The van der Waals surface area contributed by atoms with Gasteiger partial charge < -0.3 is 5.32 Å². The molecule has 0 fully saturated rings. The van der Waals surface area contributed by atoms with E-state index in [9.17, 15) is 0 Å². The largest absolute Gasteiger partial charge is 0.309 e. The second-order valence-electron chi connectivity index (χ2n) is 3.86. The number of benzene rings is 1. The SMILES string of the molecule is CCSc1ccc(C(NC)c2sccc2Cl)cc1. The Kier molecular flexibility index (Phi) is 5.13. The summed E-state index contributed by atoms with van der Waals surface area (Å²) in [5.41, 5.74) is 1.25. The van der Waals surface area contributed by atoms with Gasteiger partial charge in [-0.2, -0.15) is 0 Å². The van der Waals surface area contributed by atoms with E-state index in [1.807, 2.05) is 30.3 Å². The lowest BCUT2D eigenvalue weighted by Gasteiger charge is -2.16. The Morgan fingerprint density at radius 2 is 2.00 bits per heavy atom. The van der Waals surface area contributed by atoms with E-state index in [2.05, 4.69) is 36.5 Å². The van der Waals surface area contributed by atoms with Crippen LogP contribution in [0.1, 0.15) is 23.4 Å². The van der Waals surface area contributed by atoms with Crippen LogP contribution in [-0.2, 0) is 0 Å². The van der Waals surface area contributed by atoms with E-state index >= 15 is 0 Å². The van der Waals surface area contributed by atoms with Crippen LogP contribution in [0.25, 0.3) is 0 Å². The van der Waals surface area contributed by atoms with Gasteiger partial charge in [-0.05, 0) is 41.9 Å². The summed E-state index contributed by atoms with van der Waals surface area (Å²) in [6, 6.07) is 10.8. The van der Waals surface area contributed by atoms with Crippen LogP contribution in [0.5, 0.6) is 0 Å². The second-order valence-corrected chi connectivity index (χ2v) is 6.55. The first kappa shape index (κ1) is 13.9. The van der Waals surface area contributed by atoms with Gasteiger partial charge in [0.2, 0.25) is 0 Å². The lowest BCUT2D eigenvalue weighted by Crippen LogP contribution is -2.16. The van der Waals surface area contributed by atoms with Gasteiger partial charge in [0.15, 0.2) is 0 Å². The standard InChI is InChI=1S/C14H16ClNS2/c1-3-17-11-6-4-10(5-7-11)13(16-2)14-12(15)8-9-18-14/h4-9,13,16H,3H2,1-2H3. The highest BCUT2D eigenvalue weighted by Gasteiger charge is 2.16. The predicted molar refractivity (Wildman–Crippen MR) is 83.1 cm³/mol. The summed E-state index contributed by atoms with van der Waals surface area (Å²) in [6.07, 6.45) is 0. The zero-order valence-corrected chi connectivity index (χ0v) is 12.8. The van der Waals surface area contributed by atoms with Gasteiger partial charge in [0.25, 0.3) is 0 Å².